The summed E-state index contributed by atoms with van der Waals surface area (Å²) < 4.78 is 6.23. The van der Waals surface area contributed by atoms with E-state index in [0.29, 0.717) is 6.10 Å². The number of alkyl halides is 1. The lowest BCUT2D eigenvalue weighted by Gasteiger charge is -2.27. The second-order valence-electron chi connectivity index (χ2n) is 4.95. The average molecular weight is 297 g/mol. The molecule has 1 aromatic carbocycles. The highest BCUT2D eigenvalue weighted by atomic mass is 79.9. The number of hydrogen-bond acceptors (Lipinski definition) is 1. The molecule has 0 aromatic heterocycles. The number of hydrogen-bond donors (Lipinski definition) is 0. The van der Waals surface area contributed by atoms with E-state index in [2.05, 4.69) is 47.1 Å². The molecule has 17 heavy (non-hydrogen) atoms. The molecule has 1 unspecified atom stereocenters. The van der Waals surface area contributed by atoms with E-state index < -0.39 is 0 Å². The first-order chi connectivity index (χ1) is 8.29. The Morgan fingerprint density at radius 3 is 2.71 bits per heavy atom. The van der Waals surface area contributed by atoms with Crippen molar-refractivity contribution in [3.8, 4) is 0 Å². The van der Waals surface area contributed by atoms with Crippen LogP contribution >= 0.6 is 15.9 Å². The summed E-state index contributed by atoms with van der Waals surface area (Å²) in [5.41, 5.74) is 2.60. The fraction of sp³-hybridized carbons (Fsp3) is 0.600. The van der Waals surface area contributed by atoms with E-state index in [9.17, 15) is 0 Å². The van der Waals surface area contributed by atoms with Crippen LogP contribution in [0.3, 0.4) is 0 Å². The van der Waals surface area contributed by atoms with E-state index in [1.54, 1.807) is 0 Å². The normalized spacial score (nSPS) is 19.2. The fourth-order valence-corrected chi connectivity index (χ4v) is 3.03. The van der Waals surface area contributed by atoms with Crippen LogP contribution in [0.15, 0.2) is 24.3 Å². The zero-order valence-corrected chi connectivity index (χ0v) is 12.1. The van der Waals surface area contributed by atoms with Crippen molar-refractivity contribution in [1.82, 2.24) is 0 Å². The molecule has 2 rings (SSSR count). The molecule has 0 radical (unpaired) electrons. The van der Waals surface area contributed by atoms with Crippen molar-refractivity contribution < 1.29 is 4.74 Å². The number of aryl methyl sites for hydroxylation is 1. The Kier molecular flexibility index (Phi) is 5.05. The van der Waals surface area contributed by atoms with Crippen molar-refractivity contribution in [3.63, 3.8) is 0 Å². The van der Waals surface area contributed by atoms with E-state index in [0.717, 1.165) is 5.33 Å². The fourth-order valence-electron chi connectivity index (χ4n) is 2.51. The number of benzene rings is 1. The van der Waals surface area contributed by atoms with Gasteiger partial charge in [-0.05, 0) is 25.3 Å². The number of ether oxygens (including phenoxy) is 1. The Morgan fingerprint density at radius 1 is 1.29 bits per heavy atom. The molecule has 0 N–H and O–H groups in total. The van der Waals surface area contributed by atoms with Gasteiger partial charge >= 0.3 is 0 Å². The molecule has 1 aliphatic rings. The van der Waals surface area contributed by atoms with Crippen LogP contribution in [0.25, 0.3) is 0 Å². The zero-order valence-electron chi connectivity index (χ0n) is 10.5. The van der Waals surface area contributed by atoms with Gasteiger partial charge < -0.3 is 4.74 Å². The third kappa shape index (κ3) is 3.82. The van der Waals surface area contributed by atoms with Crippen molar-refractivity contribution in [2.75, 3.05) is 5.33 Å². The Hall–Kier alpha value is -0.340. The molecule has 1 fully saturated rings. The van der Waals surface area contributed by atoms with Crippen LogP contribution in [0.2, 0.25) is 0 Å². The van der Waals surface area contributed by atoms with Crippen molar-refractivity contribution in [2.45, 2.75) is 51.2 Å². The van der Waals surface area contributed by atoms with Crippen molar-refractivity contribution in [1.29, 1.82) is 0 Å². The zero-order chi connectivity index (χ0) is 12.1. The van der Waals surface area contributed by atoms with Gasteiger partial charge in [-0.1, -0.05) is 65.0 Å². The molecule has 1 atom stereocenters. The predicted octanol–water partition coefficient (Wildman–Crippen LogP) is 4.78. The summed E-state index contributed by atoms with van der Waals surface area (Å²) in [4.78, 5) is 0. The molecule has 94 valence electrons. The van der Waals surface area contributed by atoms with Gasteiger partial charge in [-0.2, -0.15) is 0 Å². The summed E-state index contributed by atoms with van der Waals surface area (Å²) in [5.74, 6) is 0. The molecule has 1 aromatic rings. The van der Waals surface area contributed by atoms with Gasteiger partial charge in [0.1, 0.15) is 0 Å². The van der Waals surface area contributed by atoms with Crippen LogP contribution in [-0.2, 0) is 4.74 Å². The molecule has 0 spiro atoms. The van der Waals surface area contributed by atoms with Crippen molar-refractivity contribution in [2.24, 2.45) is 0 Å². The SMILES string of the molecule is Cc1cccc(C(CBr)OC2CCCCC2)c1. The highest BCUT2D eigenvalue weighted by Gasteiger charge is 2.19. The Morgan fingerprint density at radius 2 is 2.06 bits per heavy atom. The third-order valence-electron chi connectivity index (χ3n) is 3.46. The van der Waals surface area contributed by atoms with E-state index in [1.807, 2.05) is 0 Å². The van der Waals surface area contributed by atoms with E-state index in [1.165, 1.54) is 43.2 Å². The number of rotatable bonds is 4. The smallest absolute Gasteiger partial charge is 0.0925 e. The largest absolute Gasteiger partial charge is 0.369 e. The molecule has 0 saturated heterocycles. The average Bonchev–Trinajstić information content (AvgIpc) is 2.37. The van der Waals surface area contributed by atoms with Gasteiger partial charge in [-0.3, -0.25) is 0 Å². The summed E-state index contributed by atoms with van der Waals surface area (Å²) >= 11 is 3.58. The first-order valence-corrected chi connectivity index (χ1v) is 7.69. The summed E-state index contributed by atoms with van der Waals surface area (Å²) in [7, 11) is 0. The highest BCUT2D eigenvalue weighted by Crippen LogP contribution is 2.28. The molecule has 1 nitrogen and oxygen atoms in total. The topological polar surface area (TPSA) is 9.23 Å². The maximum Gasteiger partial charge on any atom is 0.0925 e. The van der Waals surface area contributed by atoms with Gasteiger partial charge in [0.15, 0.2) is 0 Å². The maximum atomic E-state index is 6.23. The van der Waals surface area contributed by atoms with Crippen LogP contribution in [-0.4, -0.2) is 11.4 Å². The minimum atomic E-state index is 0.206. The van der Waals surface area contributed by atoms with Crippen molar-refractivity contribution >= 4 is 15.9 Å². The summed E-state index contributed by atoms with van der Waals surface area (Å²) in [6, 6.07) is 8.65. The maximum absolute atomic E-state index is 6.23. The lowest BCUT2D eigenvalue weighted by molar-refractivity contribution is -0.0193. The van der Waals surface area contributed by atoms with Crippen molar-refractivity contribution in [3.05, 3.63) is 35.4 Å². The Labute approximate surface area is 113 Å². The first kappa shape index (κ1) is 13.1. The highest BCUT2D eigenvalue weighted by molar-refractivity contribution is 9.09. The molecule has 0 amide bonds. The second-order valence-corrected chi connectivity index (χ2v) is 5.60. The second kappa shape index (κ2) is 6.55. The molecule has 0 bridgehead atoms. The van der Waals surface area contributed by atoms with E-state index in [4.69, 9.17) is 4.74 Å². The van der Waals surface area contributed by atoms with Gasteiger partial charge in [-0.25, -0.2) is 0 Å². The molecule has 1 aliphatic carbocycles. The monoisotopic (exact) mass is 296 g/mol. The minimum absolute atomic E-state index is 0.206. The van der Waals surface area contributed by atoms with E-state index >= 15 is 0 Å². The van der Waals surface area contributed by atoms with Crippen LogP contribution in [0.4, 0.5) is 0 Å². The van der Waals surface area contributed by atoms with Gasteiger partial charge in [0.25, 0.3) is 0 Å². The van der Waals surface area contributed by atoms with Gasteiger partial charge in [0.2, 0.25) is 0 Å². The van der Waals surface area contributed by atoms with Crippen LogP contribution in [0.1, 0.15) is 49.3 Å². The first-order valence-electron chi connectivity index (χ1n) is 6.57. The van der Waals surface area contributed by atoms with Crippen LogP contribution in [0, 0.1) is 6.92 Å². The molecule has 0 aliphatic heterocycles. The molecular weight excluding hydrogens is 276 g/mol. The molecular formula is C15H21BrO. The lowest BCUT2D eigenvalue weighted by atomic mass is 9.97. The Bertz CT molecular complexity index is 345. The van der Waals surface area contributed by atoms with Crippen LogP contribution < -0.4 is 0 Å². The standard InChI is InChI=1S/C15H21BrO/c1-12-6-5-7-13(10-12)15(11-16)17-14-8-3-2-4-9-14/h5-7,10,14-15H,2-4,8-9,11H2,1H3. The van der Waals surface area contributed by atoms with Crippen LogP contribution in [0.5, 0.6) is 0 Å². The molecule has 1 saturated carbocycles. The third-order valence-corrected chi connectivity index (χ3v) is 4.05. The van der Waals surface area contributed by atoms with Gasteiger partial charge in [0, 0.05) is 5.33 Å². The summed E-state index contributed by atoms with van der Waals surface area (Å²) in [5, 5.41) is 0.882. The van der Waals surface area contributed by atoms with Gasteiger partial charge in [0.05, 0.1) is 12.2 Å². The summed E-state index contributed by atoms with van der Waals surface area (Å²) in [6.45, 7) is 2.13. The quantitative estimate of drug-likeness (QED) is 0.727. The van der Waals surface area contributed by atoms with Gasteiger partial charge in [-0.15, -0.1) is 0 Å². The Balaban J connectivity index is 2.00. The molecule has 2 heteroatoms. The molecule has 0 heterocycles. The lowest BCUT2D eigenvalue weighted by Crippen LogP contribution is -2.20. The summed E-state index contributed by atoms with van der Waals surface area (Å²) in [6.07, 6.45) is 7.17. The number of halogens is 1. The minimum Gasteiger partial charge on any atom is -0.369 e. The predicted molar refractivity (Wildman–Crippen MR) is 75.7 cm³/mol. The van der Waals surface area contributed by atoms with E-state index in [-0.39, 0.29) is 6.10 Å².